The molecule has 4 heteroatoms. The molecule has 1 atom stereocenters. The van der Waals surface area contributed by atoms with Gasteiger partial charge in [-0.05, 0) is 6.42 Å². The van der Waals surface area contributed by atoms with Crippen molar-refractivity contribution in [2.75, 3.05) is 45.2 Å². The normalized spacial score (nSPS) is 24.0. The maximum Gasteiger partial charge on any atom is 0.0700 e. The second kappa shape index (κ2) is 7.51. The highest BCUT2D eigenvalue weighted by molar-refractivity contribution is 7.80. The van der Waals surface area contributed by atoms with Gasteiger partial charge in [0.25, 0.3) is 0 Å². The number of nitrogens with zero attached hydrogens (tertiary/aromatic N) is 1. The summed E-state index contributed by atoms with van der Waals surface area (Å²) in [7, 11) is 0. The van der Waals surface area contributed by atoms with Crippen LogP contribution in [0, 0.1) is 0 Å². The molecule has 1 aliphatic rings. The van der Waals surface area contributed by atoms with Crippen molar-refractivity contribution in [3.05, 3.63) is 0 Å². The monoisotopic (exact) mass is 219 g/mol. The van der Waals surface area contributed by atoms with Gasteiger partial charge in [0, 0.05) is 25.4 Å². The largest absolute Gasteiger partial charge is 0.379 e. The molecule has 0 aromatic heterocycles. The summed E-state index contributed by atoms with van der Waals surface area (Å²) in [5, 5.41) is 0. The van der Waals surface area contributed by atoms with Crippen molar-refractivity contribution in [3.63, 3.8) is 0 Å². The van der Waals surface area contributed by atoms with Crippen LogP contribution in [0.5, 0.6) is 0 Å². The smallest absolute Gasteiger partial charge is 0.0700 e. The van der Waals surface area contributed by atoms with Gasteiger partial charge in [-0.3, -0.25) is 4.90 Å². The molecule has 3 nitrogen and oxygen atoms in total. The standard InChI is InChI=1S/C10H21NO2S/c1-2-10-9-11(4-6-13-10)3-5-12-7-8-14/h10,14H,2-9H2,1H3. The second-order valence-corrected chi connectivity index (χ2v) is 3.98. The number of morpholine rings is 1. The zero-order chi connectivity index (χ0) is 10.2. The summed E-state index contributed by atoms with van der Waals surface area (Å²) in [6.45, 7) is 7.73. The first-order valence-corrected chi connectivity index (χ1v) is 6.02. The SMILES string of the molecule is CCC1CN(CCOCCS)CCO1. The average Bonchev–Trinajstić information content (AvgIpc) is 2.25. The summed E-state index contributed by atoms with van der Waals surface area (Å²) in [6.07, 6.45) is 1.53. The van der Waals surface area contributed by atoms with Gasteiger partial charge in [0.2, 0.25) is 0 Å². The minimum absolute atomic E-state index is 0.425. The molecular formula is C10H21NO2S. The molecule has 0 aromatic carbocycles. The van der Waals surface area contributed by atoms with E-state index in [4.69, 9.17) is 9.47 Å². The molecular weight excluding hydrogens is 198 g/mol. The van der Waals surface area contributed by atoms with E-state index in [-0.39, 0.29) is 0 Å². The summed E-state index contributed by atoms with van der Waals surface area (Å²) in [6, 6.07) is 0. The highest BCUT2D eigenvalue weighted by Crippen LogP contribution is 2.07. The first kappa shape index (κ1) is 12.3. The first-order chi connectivity index (χ1) is 6.86. The highest BCUT2D eigenvalue weighted by atomic mass is 32.1. The van der Waals surface area contributed by atoms with Crippen molar-refractivity contribution in [1.29, 1.82) is 0 Å². The molecule has 14 heavy (non-hydrogen) atoms. The minimum atomic E-state index is 0.425. The molecule has 1 fully saturated rings. The molecule has 1 heterocycles. The molecule has 1 aliphatic heterocycles. The van der Waals surface area contributed by atoms with Crippen molar-refractivity contribution >= 4 is 12.6 Å². The Morgan fingerprint density at radius 2 is 2.36 bits per heavy atom. The lowest BCUT2D eigenvalue weighted by atomic mass is 10.2. The summed E-state index contributed by atoms with van der Waals surface area (Å²) in [4.78, 5) is 2.41. The molecule has 84 valence electrons. The third kappa shape index (κ3) is 4.64. The van der Waals surface area contributed by atoms with Crippen LogP contribution in [0.2, 0.25) is 0 Å². The van der Waals surface area contributed by atoms with Crippen molar-refractivity contribution in [2.45, 2.75) is 19.4 Å². The van der Waals surface area contributed by atoms with Gasteiger partial charge >= 0.3 is 0 Å². The van der Waals surface area contributed by atoms with Crippen LogP contribution in [-0.2, 0) is 9.47 Å². The number of rotatable bonds is 6. The lowest BCUT2D eigenvalue weighted by Gasteiger charge is -2.32. The van der Waals surface area contributed by atoms with Crippen LogP contribution in [-0.4, -0.2) is 56.2 Å². The zero-order valence-electron chi connectivity index (χ0n) is 8.95. The maximum absolute atomic E-state index is 5.59. The molecule has 1 rings (SSSR count). The Bertz CT molecular complexity index is 146. The van der Waals surface area contributed by atoms with Crippen LogP contribution in [0.4, 0.5) is 0 Å². The van der Waals surface area contributed by atoms with E-state index in [1.165, 1.54) is 0 Å². The van der Waals surface area contributed by atoms with Crippen LogP contribution < -0.4 is 0 Å². The quantitative estimate of drug-likeness (QED) is 0.533. The molecule has 0 aromatic rings. The number of ether oxygens (including phenoxy) is 2. The summed E-state index contributed by atoms with van der Waals surface area (Å²) in [5.41, 5.74) is 0. The predicted octanol–water partition coefficient (Wildman–Crippen LogP) is 1.04. The minimum Gasteiger partial charge on any atom is -0.379 e. The molecule has 0 spiro atoms. The van der Waals surface area contributed by atoms with Gasteiger partial charge in [-0.25, -0.2) is 0 Å². The number of hydrogen-bond donors (Lipinski definition) is 1. The van der Waals surface area contributed by atoms with Crippen LogP contribution in [0.1, 0.15) is 13.3 Å². The zero-order valence-corrected chi connectivity index (χ0v) is 9.84. The molecule has 1 saturated heterocycles. The van der Waals surface area contributed by atoms with E-state index in [1.54, 1.807) is 0 Å². The van der Waals surface area contributed by atoms with Gasteiger partial charge in [-0.15, -0.1) is 0 Å². The lowest BCUT2D eigenvalue weighted by molar-refractivity contribution is -0.0366. The Morgan fingerprint density at radius 1 is 1.50 bits per heavy atom. The predicted molar refractivity (Wildman–Crippen MR) is 61.1 cm³/mol. The van der Waals surface area contributed by atoms with E-state index in [0.717, 1.165) is 51.6 Å². The molecule has 1 unspecified atom stereocenters. The van der Waals surface area contributed by atoms with Gasteiger partial charge in [0.1, 0.15) is 0 Å². The van der Waals surface area contributed by atoms with Crippen LogP contribution >= 0.6 is 12.6 Å². The number of hydrogen-bond acceptors (Lipinski definition) is 4. The number of thiol groups is 1. The average molecular weight is 219 g/mol. The van der Waals surface area contributed by atoms with Crippen molar-refractivity contribution < 1.29 is 9.47 Å². The Balaban J connectivity index is 2.05. The fourth-order valence-corrected chi connectivity index (χ4v) is 1.72. The van der Waals surface area contributed by atoms with Gasteiger partial charge < -0.3 is 9.47 Å². The van der Waals surface area contributed by atoms with Crippen LogP contribution in [0.25, 0.3) is 0 Å². The Labute approximate surface area is 92.2 Å². The van der Waals surface area contributed by atoms with E-state index in [0.29, 0.717) is 6.10 Å². The molecule has 0 bridgehead atoms. The van der Waals surface area contributed by atoms with Gasteiger partial charge in [0.05, 0.1) is 25.9 Å². The molecule has 0 N–H and O–H groups in total. The third-order valence-electron chi connectivity index (χ3n) is 2.47. The van der Waals surface area contributed by atoms with E-state index in [9.17, 15) is 0 Å². The van der Waals surface area contributed by atoms with Gasteiger partial charge in [0.15, 0.2) is 0 Å². The summed E-state index contributed by atoms with van der Waals surface area (Å²) in [5.74, 6) is 0.806. The fraction of sp³-hybridized carbons (Fsp3) is 1.00. The first-order valence-electron chi connectivity index (χ1n) is 5.39. The van der Waals surface area contributed by atoms with E-state index >= 15 is 0 Å². The Hall–Kier alpha value is 0.230. The fourth-order valence-electron chi connectivity index (χ4n) is 1.59. The Kier molecular flexibility index (Phi) is 6.60. The molecule has 0 aliphatic carbocycles. The summed E-state index contributed by atoms with van der Waals surface area (Å²) >= 11 is 4.09. The van der Waals surface area contributed by atoms with Crippen LogP contribution in [0.15, 0.2) is 0 Å². The van der Waals surface area contributed by atoms with Crippen molar-refractivity contribution in [3.8, 4) is 0 Å². The van der Waals surface area contributed by atoms with E-state index in [1.807, 2.05) is 0 Å². The third-order valence-corrected chi connectivity index (χ3v) is 2.65. The molecule has 0 radical (unpaired) electrons. The van der Waals surface area contributed by atoms with E-state index < -0.39 is 0 Å². The molecule has 0 saturated carbocycles. The van der Waals surface area contributed by atoms with Crippen LogP contribution in [0.3, 0.4) is 0 Å². The Morgan fingerprint density at radius 3 is 3.07 bits per heavy atom. The summed E-state index contributed by atoms with van der Waals surface area (Å²) < 4.78 is 11.0. The van der Waals surface area contributed by atoms with Gasteiger partial charge in [-0.2, -0.15) is 12.6 Å². The lowest BCUT2D eigenvalue weighted by Crippen LogP contribution is -2.43. The second-order valence-electron chi connectivity index (χ2n) is 3.54. The van der Waals surface area contributed by atoms with Gasteiger partial charge in [-0.1, -0.05) is 6.92 Å². The van der Waals surface area contributed by atoms with Crippen molar-refractivity contribution in [1.82, 2.24) is 4.90 Å². The van der Waals surface area contributed by atoms with E-state index in [2.05, 4.69) is 24.5 Å². The maximum atomic E-state index is 5.59. The topological polar surface area (TPSA) is 21.7 Å². The highest BCUT2D eigenvalue weighted by Gasteiger charge is 2.17. The molecule has 0 amide bonds. The van der Waals surface area contributed by atoms with Crippen molar-refractivity contribution in [2.24, 2.45) is 0 Å².